The number of carbonyl (C=O) groups is 15. The summed E-state index contributed by atoms with van der Waals surface area (Å²) in [5.74, 6) is -5.33. The molecule has 13 rings (SSSR count). The lowest BCUT2D eigenvalue weighted by Crippen LogP contribution is -2.32. The smallest absolute Gasteiger partial charge is 0.414 e. The minimum Gasteiger partial charge on any atom is -0.463 e. The Hall–Kier alpha value is -15.6. The number of aromatic nitrogens is 6. The van der Waals surface area contributed by atoms with Crippen LogP contribution in [0.15, 0.2) is 201 Å². The van der Waals surface area contributed by atoms with Gasteiger partial charge >= 0.3 is 30.5 Å². The molecule has 43 heteroatoms. The number of pyridine rings is 5. The molecule has 38 nitrogen and oxygen atoms in total. The van der Waals surface area contributed by atoms with Crippen LogP contribution in [0.1, 0.15) is 142 Å². The molecular weight excluding hydrogens is 1720 g/mol. The van der Waals surface area contributed by atoms with Gasteiger partial charge in [0.05, 0.1) is 100 Å². The van der Waals surface area contributed by atoms with Gasteiger partial charge in [0.25, 0.3) is 47.3 Å². The van der Waals surface area contributed by atoms with E-state index in [4.69, 9.17) is 18.3 Å². The van der Waals surface area contributed by atoms with Crippen molar-refractivity contribution in [3.8, 4) is 0 Å². The number of fused-ring (bicyclic) bond motifs is 3. The van der Waals surface area contributed by atoms with Gasteiger partial charge in [-0.15, -0.1) is 56.7 Å². The Labute approximate surface area is 728 Å². The van der Waals surface area contributed by atoms with E-state index in [1.54, 1.807) is 179 Å². The minimum absolute atomic E-state index is 0.147. The number of nitrogens with zero attached hydrogens (tertiary/aromatic N) is 5. The Bertz CT molecular complexity index is 5950. The van der Waals surface area contributed by atoms with Crippen LogP contribution in [0.25, 0.3) is 45.4 Å². The van der Waals surface area contributed by atoms with Crippen molar-refractivity contribution < 1.29 is 104 Å². The van der Waals surface area contributed by atoms with Crippen LogP contribution < -0.4 is 53.2 Å². The van der Waals surface area contributed by atoms with Crippen molar-refractivity contribution in [1.82, 2.24) is 56.5 Å². The maximum atomic E-state index is 12.4. The molecule has 0 atom stereocenters. The number of H-pyrrole nitrogens is 1. The standard InChI is InChI=1S/C17H15N3O5S.C17H17N3O4S.C16H14N4O4S.C16H13N3O5S.C16H15N3O4S/c1-9(2)25-17(23)20-15(22)11-4-6-26-16(11)19-14(21)10-7-13-12(18-8-10)3-5-24-13;1-11(2)24-17(23)20-15(22)13-7-10-25-16(13)19-14(21)4-3-12-5-8-18-9-6-12;1-2-24-16(23)20-14(22)10-4-6-25-15(10)19-13(21)9-7-12-11(18-8-9)3-5-17-12;1-2-23-16(22)19-14(21)10-4-6-25-15(10)18-13(20)9-7-12-11(17-8-9)3-5-24-12;1-2-23-16(22)19-14(21)12-7-9-24-15(12)18-13(20)6-5-11-4-3-8-17-10-11/h3-9H,1-2H3,(H,19,21)(H,20,22,23);3-11H,1-2H3,(H,19,21)(H,20,22,23);3-8,17H,2H2,1H3,(H,19,21)(H,20,22,23);3-8H,2H2,1H3,(H,18,20)(H,19,21,22);3-10H,2H2,1H3,(H,18,20)(H,19,21,22)/b;4-3+;;;6-5+. The first-order chi connectivity index (χ1) is 60.1. The number of hydrogen-bond donors (Lipinski definition) is 11. The van der Waals surface area contributed by atoms with Crippen LogP contribution in [-0.4, -0.2) is 151 Å². The highest BCUT2D eigenvalue weighted by molar-refractivity contribution is 7.16. The molecule has 0 aromatic carbocycles. The molecule has 11 N–H and O–H groups in total. The average molecular weight is 1800 g/mol. The highest BCUT2D eigenvalue weighted by atomic mass is 32.1. The van der Waals surface area contributed by atoms with Crippen molar-refractivity contribution in [2.75, 3.05) is 46.4 Å². The average Bonchev–Trinajstić information content (AvgIpc) is 1.73. The number of anilines is 5. The van der Waals surface area contributed by atoms with Crippen molar-refractivity contribution >= 4 is 217 Å². The van der Waals surface area contributed by atoms with E-state index in [-0.39, 0.29) is 71.0 Å². The predicted molar refractivity (Wildman–Crippen MR) is 465 cm³/mol. The lowest BCUT2D eigenvalue weighted by molar-refractivity contribution is -0.112. The van der Waals surface area contributed by atoms with Gasteiger partial charge in [-0.2, -0.15) is 0 Å². The molecule has 0 unspecified atom stereocenters. The molecule has 0 aliphatic carbocycles. The van der Waals surface area contributed by atoms with Crippen molar-refractivity contribution in [2.45, 2.75) is 60.7 Å². The van der Waals surface area contributed by atoms with Crippen LogP contribution >= 0.6 is 56.7 Å². The van der Waals surface area contributed by atoms with E-state index in [9.17, 15) is 71.9 Å². The lowest BCUT2D eigenvalue weighted by atomic mass is 10.2. The highest BCUT2D eigenvalue weighted by Gasteiger charge is 2.25. The number of alkyl carbamates (subject to hydrolysis) is 5. The summed E-state index contributed by atoms with van der Waals surface area (Å²) in [6.45, 7) is 12.0. The summed E-state index contributed by atoms with van der Waals surface area (Å²) in [4.78, 5) is 202. The molecule has 0 fully saturated rings. The first-order valence-corrected chi connectivity index (χ1v) is 41.2. The number of ether oxygens (including phenoxy) is 5. The zero-order chi connectivity index (χ0) is 89.9. The number of thiophene rings is 5. The van der Waals surface area contributed by atoms with Gasteiger partial charge in [-0.05, 0) is 171 Å². The first kappa shape index (κ1) is 93.3. The molecule has 0 aliphatic rings. The number of aromatic amines is 1. The van der Waals surface area contributed by atoms with E-state index in [1.165, 1.54) is 108 Å². The van der Waals surface area contributed by atoms with Gasteiger partial charge in [0.1, 0.15) is 36.0 Å². The van der Waals surface area contributed by atoms with Crippen LogP contribution in [0.3, 0.4) is 0 Å². The predicted octanol–water partition coefficient (Wildman–Crippen LogP) is 15.0. The Morgan fingerprint density at radius 1 is 0.384 bits per heavy atom. The van der Waals surface area contributed by atoms with Gasteiger partial charge in [0.2, 0.25) is 11.8 Å². The van der Waals surface area contributed by atoms with Gasteiger partial charge in [-0.1, -0.05) is 6.07 Å². The highest BCUT2D eigenvalue weighted by Crippen LogP contribution is 2.30. The molecule has 0 saturated carbocycles. The molecule has 13 aromatic heterocycles. The SMILES string of the molecule is CC(C)OC(=O)NC(=O)c1ccsc1NC(=O)/C=C/c1ccncc1.CC(C)OC(=O)NC(=O)c1ccsc1NC(=O)c1cnc2ccoc2c1.CCOC(=O)NC(=O)c1ccsc1NC(=O)/C=C/c1cccnc1.CCOC(=O)NC(=O)c1ccsc1NC(=O)c1cnc2cc[nH]c2c1.CCOC(=O)NC(=O)c1ccsc1NC(=O)c1cnc2ccoc2c1. The minimum atomic E-state index is -0.846. The summed E-state index contributed by atoms with van der Waals surface area (Å²) in [6, 6.07) is 24.6. The number of imide groups is 5. The monoisotopic (exact) mass is 1790 g/mol. The largest absolute Gasteiger partial charge is 0.463 e. The third-order valence-electron chi connectivity index (χ3n) is 15.3. The Morgan fingerprint density at radius 2 is 0.736 bits per heavy atom. The summed E-state index contributed by atoms with van der Waals surface area (Å²) >= 11 is 5.85. The van der Waals surface area contributed by atoms with Gasteiger partial charge < -0.3 is 64.1 Å². The van der Waals surface area contributed by atoms with Crippen molar-refractivity contribution in [3.63, 3.8) is 0 Å². The third-order valence-corrected chi connectivity index (χ3v) is 19.5. The molecule has 0 aliphatic heterocycles. The van der Waals surface area contributed by atoms with Gasteiger partial charge in [0, 0.05) is 73.9 Å². The van der Waals surface area contributed by atoms with Crippen LogP contribution in [0, 0.1) is 0 Å². The molecular formula is C82H74N16O22S5. The summed E-state index contributed by atoms with van der Waals surface area (Å²) in [5, 5.41) is 33.5. The summed E-state index contributed by atoms with van der Waals surface area (Å²) in [6.07, 6.45) is 16.5. The molecule has 0 bridgehead atoms. The van der Waals surface area contributed by atoms with Crippen LogP contribution in [0.4, 0.5) is 49.0 Å². The van der Waals surface area contributed by atoms with Gasteiger partial charge in [0.15, 0.2) is 11.2 Å². The van der Waals surface area contributed by atoms with Crippen LogP contribution in [0.2, 0.25) is 0 Å². The maximum Gasteiger partial charge on any atom is 0.414 e. The third kappa shape index (κ3) is 28.8. The summed E-state index contributed by atoms with van der Waals surface area (Å²) < 4.78 is 34.1. The summed E-state index contributed by atoms with van der Waals surface area (Å²) in [5.41, 5.74) is 7.15. The molecule has 125 heavy (non-hydrogen) atoms. The maximum absolute atomic E-state index is 12.4. The van der Waals surface area contributed by atoms with E-state index < -0.39 is 89.5 Å². The van der Waals surface area contributed by atoms with Crippen LogP contribution in [0.5, 0.6) is 0 Å². The van der Waals surface area contributed by atoms with Crippen molar-refractivity contribution in [3.05, 3.63) is 248 Å². The fraction of sp³-hybridized carbons (Fsp3) is 0.146. The Morgan fingerprint density at radius 3 is 1.10 bits per heavy atom. The molecule has 0 spiro atoms. The Balaban J connectivity index is 0.000000177. The van der Waals surface area contributed by atoms with Gasteiger partial charge in [-0.3, -0.25) is 99.4 Å². The second-order valence-electron chi connectivity index (χ2n) is 24.9. The number of nitrogens with one attached hydrogen (secondary N) is 11. The number of furan rings is 2. The molecule has 13 heterocycles. The van der Waals surface area contributed by atoms with Crippen LogP contribution in [-0.2, 0) is 33.3 Å². The topological polar surface area (TPSA) is 529 Å². The molecule has 0 radical (unpaired) electrons. The van der Waals surface area contributed by atoms with Crippen molar-refractivity contribution in [2.24, 2.45) is 0 Å². The van der Waals surface area contributed by atoms with Crippen molar-refractivity contribution in [1.29, 1.82) is 0 Å². The van der Waals surface area contributed by atoms with E-state index in [0.717, 1.165) is 44.8 Å². The van der Waals surface area contributed by atoms with Gasteiger partial charge in [-0.25, -0.2) is 24.0 Å². The molecule has 15 amide bonds. The van der Waals surface area contributed by atoms with E-state index in [0.29, 0.717) is 52.8 Å². The quantitative estimate of drug-likeness (QED) is 0.0222. The zero-order valence-electron chi connectivity index (χ0n) is 66.7. The summed E-state index contributed by atoms with van der Waals surface area (Å²) in [7, 11) is 0. The van der Waals surface area contributed by atoms with E-state index in [1.807, 2.05) is 0 Å². The van der Waals surface area contributed by atoms with E-state index >= 15 is 0 Å². The fourth-order valence-corrected chi connectivity index (χ4v) is 13.8. The number of amides is 15. The second kappa shape index (κ2) is 46.8. The normalized spacial score (nSPS) is 10.5. The zero-order valence-corrected chi connectivity index (χ0v) is 70.7. The fourth-order valence-electron chi connectivity index (χ4n) is 9.84. The molecule has 644 valence electrons. The Kier molecular flexibility index (Phi) is 34.9. The number of carbonyl (C=O) groups excluding carboxylic acids is 15. The number of rotatable bonds is 22. The molecule has 0 saturated heterocycles. The second-order valence-corrected chi connectivity index (χ2v) is 29.5. The van der Waals surface area contributed by atoms with E-state index in [2.05, 4.69) is 97.3 Å². The molecule has 13 aromatic rings. The number of hydrogen-bond acceptors (Lipinski definition) is 32. The first-order valence-electron chi connectivity index (χ1n) is 36.8. The lowest BCUT2D eigenvalue weighted by Gasteiger charge is -2.09.